The molecule has 0 heterocycles. The average molecular weight is 227 g/mol. The molecule has 0 aliphatic heterocycles. The van der Waals surface area contributed by atoms with Crippen LogP contribution in [-0.4, -0.2) is 25.8 Å². The van der Waals surface area contributed by atoms with E-state index in [0.29, 0.717) is 12.1 Å². The monoisotopic (exact) mass is 227 g/mol. The van der Waals surface area contributed by atoms with Crippen LogP contribution >= 0.6 is 0 Å². The highest BCUT2D eigenvalue weighted by atomic mass is 16.5. The van der Waals surface area contributed by atoms with Crippen LogP contribution in [0.5, 0.6) is 0 Å². The third-order valence-corrected chi connectivity index (χ3v) is 3.99. The Morgan fingerprint density at radius 2 is 1.94 bits per heavy atom. The maximum absolute atomic E-state index is 5.78. The van der Waals surface area contributed by atoms with Crippen molar-refractivity contribution >= 4 is 0 Å². The predicted molar refractivity (Wildman–Crippen MR) is 69.7 cm³/mol. The zero-order valence-corrected chi connectivity index (χ0v) is 11.5. The molecule has 2 heteroatoms. The molecule has 0 saturated heterocycles. The van der Waals surface area contributed by atoms with E-state index in [0.717, 1.165) is 18.4 Å². The molecule has 96 valence electrons. The minimum atomic E-state index is 0.347. The summed E-state index contributed by atoms with van der Waals surface area (Å²) in [5.74, 6) is 1.73. The first-order valence-corrected chi connectivity index (χ1v) is 6.97. The maximum atomic E-state index is 5.78. The Hall–Kier alpha value is -0.0800. The van der Waals surface area contributed by atoms with E-state index in [1.54, 1.807) is 0 Å². The number of rotatable bonds is 6. The van der Waals surface area contributed by atoms with Gasteiger partial charge in [-0.2, -0.15) is 0 Å². The fraction of sp³-hybridized carbons (Fsp3) is 1.00. The normalized spacial score (nSPS) is 28.3. The van der Waals surface area contributed by atoms with Crippen LogP contribution in [0.3, 0.4) is 0 Å². The predicted octanol–water partition coefficient (Wildman–Crippen LogP) is 3.22. The van der Waals surface area contributed by atoms with Crippen molar-refractivity contribution in [3.63, 3.8) is 0 Å². The largest absolute Gasteiger partial charge is 0.377 e. The van der Waals surface area contributed by atoms with Gasteiger partial charge in [-0.1, -0.05) is 32.6 Å². The van der Waals surface area contributed by atoms with Crippen LogP contribution in [0.2, 0.25) is 0 Å². The topological polar surface area (TPSA) is 21.3 Å². The molecular weight excluding hydrogens is 198 g/mol. The van der Waals surface area contributed by atoms with Gasteiger partial charge in [-0.05, 0) is 39.2 Å². The maximum Gasteiger partial charge on any atom is 0.0625 e. The highest BCUT2D eigenvalue weighted by molar-refractivity contribution is 4.83. The highest BCUT2D eigenvalue weighted by Crippen LogP contribution is 2.34. The summed E-state index contributed by atoms with van der Waals surface area (Å²) in [6, 6.07) is 0.549. The van der Waals surface area contributed by atoms with Crippen LogP contribution in [0.1, 0.15) is 52.9 Å². The van der Waals surface area contributed by atoms with Crippen molar-refractivity contribution in [2.45, 2.75) is 65.0 Å². The van der Waals surface area contributed by atoms with Gasteiger partial charge in [0.15, 0.2) is 0 Å². The Bertz CT molecular complexity index is 182. The molecule has 1 saturated carbocycles. The van der Waals surface area contributed by atoms with Gasteiger partial charge in [0.25, 0.3) is 0 Å². The molecule has 1 fully saturated rings. The van der Waals surface area contributed by atoms with Gasteiger partial charge in [-0.3, -0.25) is 0 Å². The summed E-state index contributed by atoms with van der Waals surface area (Å²) >= 11 is 0. The molecule has 0 aromatic rings. The van der Waals surface area contributed by atoms with Crippen LogP contribution in [0.4, 0.5) is 0 Å². The summed E-state index contributed by atoms with van der Waals surface area (Å²) in [5, 5.41) is 3.47. The Labute approximate surface area is 101 Å². The number of hydrogen-bond donors (Lipinski definition) is 1. The molecule has 16 heavy (non-hydrogen) atoms. The van der Waals surface area contributed by atoms with E-state index < -0.39 is 0 Å². The van der Waals surface area contributed by atoms with Gasteiger partial charge in [0.05, 0.1) is 12.7 Å². The van der Waals surface area contributed by atoms with E-state index in [9.17, 15) is 0 Å². The van der Waals surface area contributed by atoms with Crippen LogP contribution in [0.15, 0.2) is 0 Å². The van der Waals surface area contributed by atoms with Gasteiger partial charge in [-0.25, -0.2) is 0 Å². The number of nitrogens with one attached hydrogen (secondary N) is 1. The van der Waals surface area contributed by atoms with Crippen molar-refractivity contribution in [3.8, 4) is 0 Å². The first kappa shape index (κ1) is 14.0. The summed E-state index contributed by atoms with van der Waals surface area (Å²) < 4.78 is 5.78. The summed E-state index contributed by atoms with van der Waals surface area (Å²) in [7, 11) is 2.08. The lowest BCUT2D eigenvalue weighted by Gasteiger charge is -2.37. The third-order valence-electron chi connectivity index (χ3n) is 3.99. The van der Waals surface area contributed by atoms with E-state index in [-0.39, 0.29) is 0 Å². The van der Waals surface area contributed by atoms with Crippen LogP contribution < -0.4 is 5.32 Å². The van der Waals surface area contributed by atoms with E-state index >= 15 is 0 Å². The Morgan fingerprint density at radius 3 is 2.50 bits per heavy atom. The lowest BCUT2D eigenvalue weighted by Crippen LogP contribution is -2.43. The molecule has 0 aromatic carbocycles. The molecule has 1 aliphatic carbocycles. The summed E-state index contributed by atoms with van der Waals surface area (Å²) in [4.78, 5) is 0. The van der Waals surface area contributed by atoms with Gasteiger partial charge < -0.3 is 10.1 Å². The fourth-order valence-electron chi connectivity index (χ4n) is 2.99. The number of likely N-dealkylation sites (N-methyl/N-ethyl adjacent to an activating group) is 1. The zero-order chi connectivity index (χ0) is 12.0. The second kappa shape index (κ2) is 7.29. The lowest BCUT2D eigenvalue weighted by atomic mass is 9.74. The number of hydrogen-bond acceptors (Lipinski definition) is 2. The molecule has 1 N–H and O–H groups in total. The lowest BCUT2D eigenvalue weighted by molar-refractivity contribution is 0.0332. The van der Waals surface area contributed by atoms with E-state index in [1.165, 1.54) is 32.1 Å². The van der Waals surface area contributed by atoms with Gasteiger partial charge in [0, 0.05) is 6.04 Å². The SMILES string of the molecule is CCC1CCCCC1C(COC(C)C)NC. The Morgan fingerprint density at radius 1 is 1.25 bits per heavy atom. The Balaban J connectivity index is 2.48. The van der Waals surface area contributed by atoms with E-state index in [4.69, 9.17) is 4.74 Å². The van der Waals surface area contributed by atoms with Crippen molar-refractivity contribution in [2.75, 3.05) is 13.7 Å². The van der Waals surface area contributed by atoms with Gasteiger partial charge in [-0.15, -0.1) is 0 Å². The first-order chi connectivity index (χ1) is 7.69. The quantitative estimate of drug-likeness (QED) is 0.752. The molecule has 1 aliphatic rings. The second-order valence-corrected chi connectivity index (χ2v) is 5.39. The highest BCUT2D eigenvalue weighted by Gasteiger charge is 2.30. The summed E-state index contributed by atoms with van der Waals surface area (Å²) in [6.07, 6.45) is 7.30. The number of ether oxygens (including phenoxy) is 1. The third kappa shape index (κ3) is 4.06. The fourth-order valence-corrected chi connectivity index (χ4v) is 2.99. The molecule has 0 aromatic heterocycles. The van der Waals surface area contributed by atoms with E-state index in [1.807, 2.05) is 0 Å². The summed E-state index contributed by atoms with van der Waals surface area (Å²) in [6.45, 7) is 7.43. The molecule has 2 nitrogen and oxygen atoms in total. The first-order valence-electron chi connectivity index (χ1n) is 6.97. The van der Waals surface area contributed by atoms with Crippen LogP contribution in [-0.2, 0) is 4.74 Å². The molecule has 3 atom stereocenters. The van der Waals surface area contributed by atoms with Crippen molar-refractivity contribution in [1.82, 2.24) is 5.32 Å². The molecule has 1 rings (SSSR count). The van der Waals surface area contributed by atoms with Crippen LogP contribution in [0, 0.1) is 11.8 Å². The minimum Gasteiger partial charge on any atom is -0.377 e. The molecule has 0 bridgehead atoms. The smallest absolute Gasteiger partial charge is 0.0625 e. The molecular formula is C14H29NO. The minimum absolute atomic E-state index is 0.347. The van der Waals surface area contributed by atoms with Crippen molar-refractivity contribution in [2.24, 2.45) is 11.8 Å². The van der Waals surface area contributed by atoms with Crippen molar-refractivity contribution in [3.05, 3.63) is 0 Å². The molecule has 3 unspecified atom stereocenters. The van der Waals surface area contributed by atoms with Gasteiger partial charge >= 0.3 is 0 Å². The Kier molecular flexibility index (Phi) is 6.37. The summed E-state index contributed by atoms with van der Waals surface area (Å²) in [5.41, 5.74) is 0. The average Bonchev–Trinajstić information content (AvgIpc) is 2.30. The van der Waals surface area contributed by atoms with E-state index in [2.05, 4.69) is 33.1 Å². The standard InChI is InChI=1S/C14H29NO/c1-5-12-8-6-7-9-13(12)14(15-4)10-16-11(2)3/h11-15H,5-10H2,1-4H3. The molecule has 0 amide bonds. The molecule has 0 radical (unpaired) electrons. The second-order valence-electron chi connectivity index (χ2n) is 5.39. The zero-order valence-electron chi connectivity index (χ0n) is 11.5. The van der Waals surface area contributed by atoms with Crippen molar-refractivity contribution in [1.29, 1.82) is 0 Å². The van der Waals surface area contributed by atoms with Crippen molar-refractivity contribution < 1.29 is 4.74 Å². The molecule has 0 spiro atoms. The van der Waals surface area contributed by atoms with Gasteiger partial charge in [0.1, 0.15) is 0 Å². The van der Waals surface area contributed by atoms with Gasteiger partial charge in [0.2, 0.25) is 0 Å². The van der Waals surface area contributed by atoms with Crippen LogP contribution in [0.25, 0.3) is 0 Å².